The number of ether oxygens (including phenoxy) is 1. The number of piperidine rings is 1. The summed E-state index contributed by atoms with van der Waals surface area (Å²) in [6.07, 6.45) is 6.07. The molecule has 2 aromatic heterocycles. The van der Waals surface area contributed by atoms with E-state index in [1.54, 1.807) is 6.07 Å². The fourth-order valence-electron chi connectivity index (χ4n) is 3.40. The number of nitrogens with zero attached hydrogens (tertiary/aromatic N) is 2. The number of aromatic nitrogens is 2. The molecule has 1 atom stereocenters. The maximum absolute atomic E-state index is 12.7. The van der Waals surface area contributed by atoms with E-state index in [4.69, 9.17) is 4.74 Å². The van der Waals surface area contributed by atoms with Crippen LogP contribution < -0.4 is 15.4 Å². The van der Waals surface area contributed by atoms with Gasteiger partial charge in [0.05, 0.1) is 11.3 Å². The van der Waals surface area contributed by atoms with Gasteiger partial charge in [0.2, 0.25) is 0 Å². The van der Waals surface area contributed by atoms with Crippen molar-refractivity contribution in [3.05, 3.63) is 65.6 Å². The van der Waals surface area contributed by atoms with Crippen molar-refractivity contribution in [2.45, 2.75) is 32.4 Å². The summed E-state index contributed by atoms with van der Waals surface area (Å²) >= 11 is 0. The van der Waals surface area contributed by atoms with E-state index in [0.29, 0.717) is 17.9 Å². The molecule has 0 radical (unpaired) electrons. The molecule has 4 rings (SSSR count). The molecule has 0 bridgehead atoms. The monoisotopic (exact) mass is 436 g/mol. The summed E-state index contributed by atoms with van der Waals surface area (Å²) < 4.78 is 7.93. The number of halogens is 2. The number of para-hydroxylation sites is 1. The Morgan fingerprint density at radius 3 is 2.86 bits per heavy atom. The summed E-state index contributed by atoms with van der Waals surface area (Å²) in [7, 11) is 0. The number of hydrogen-bond acceptors (Lipinski definition) is 4. The van der Waals surface area contributed by atoms with Gasteiger partial charge in [-0.2, -0.15) is 0 Å². The molecule has 1 aromatic carbocycles. The number of amides is 1. The van der Waals surface area contributed by atoms with E-state index in [2.05, 4.69) is 15.6 Å². The van der Waals surface area contributed by atoms with E-state index < -0.39 is 0 Å². The topological polar surface area (TPSA) is 67.7 Å². The Bertz CT molecular complexity index is 955. The largest absolute Gasteiger partial charge is 0.486 e. The highest BCUT2D eigenvalue weighted by molar-refractivity contribution is 5.97. The van der Waals surface area contributed by atoms with Crippen LogP contribution in [-0.2, 0) is 6.61 Å². The number of nitrogens with one attached hydrogen (secondary N) is 2. The quantitative estimate of drug-likeness (QED) is 0.641. The van der Waals surface area contributed by atoms with E-state index in [9.17, 15) is 4.79 Å². The molecule has 1 unspecified atom stereocenters. The van der Waals surface area contributed by atoms with Crippen LogP contribution in [0.3, 0.4) is 0 Å². The number of carbonyl (C=O) groups is 1. The number of rotatable bonds is 5. The highest BCUT2D eigenvalue weighted by Crippen LogP contribution is 2.20. The Morgan fingerprint density at radius 2 is 2.07 bits per heavy atom. The lowest BCUT2D eigenvalue weighted by molar-refractivity contribution is 0.0926. The van der Waals surface area contributed by atoms with Gasteiger partial charge in [-0.05, 0) is 50.1 Å². The van der Waals surface area contributed by atoms with Gasteiger partial charge >= 0.3 is 0 Å². The van der Waals surface area contributed by atoms with Gasteiger partial charge in [0.25, 0.3) is 5.91 Å². The molecule has 1 amide bonds. The zero-order valence-corrected chi connectivity index (χ0v) is 17.9. The second-order valence-corrected chi connectivity index (χ2v) is 7.01. The minimum absolute atomic E-state index is 0. The van der Waals surface area contributed by atoms with Gasteiger partial charge in [0.1, 0.15) is 18.0 Å². The first-order valence-electron chi connectivity index (χ1n) is 9.37. The van der Waals surface area contributed by atoms with Gasteiger partial charge in [0.15, 0.2) is 0 Å². The first kappa shape index (κ1) is 23.0. The zero-order valence-electron chi connectivity index (χ0n) is 16.3. The molecule has 0 aliphatic carbocycles. The molecular formula is C21H26Cl2N4O2. The third-order valence-corrected chi connectivity index (χ3v) is 4.79. The smallest absolute Gasteiger partial charge is 0.255 e. The van der Waals surface area contributed by atoms with E-state index >= 15 is 0 Å². The molecule has 156 valence electrons. The van der Waals surface area contributed by atoms with Crippen LogP contribution in [-0.4, -0.2) is 34.4 Å². The van der Waals surface area contributed by atoms with Crippen LogP contribution in [0.1, 0.15) is 34.5 Å². The van der Waals surface area contributed by atoms with Crippen molar-refractivity contribution in [2.75, 3.05) is 13.1 Å². The average molecular weight is 437 g/mol. The number of imidazole rings is 1. The van der Waals surface area contributed by atoms with Crippen LogP contribution in [0.2, 0.25) is 0 Å². The third-order valence-electron chi connectivity index (χ3n) is 4.79. The van der Waals surface area contributed by atoms with Crippen molar-refractivity contribution in [1.29, 1.82) is 0 Å². The number of benzene rings is 1. The van der Waals surface area contributed by atoms with Crippen molar-refractivity contribution in [1.82, 2.24) is 20.0 Å². The first-order valence-corrected chi connectivity index (χ1v) is 9.37. The van der Waals surface area contributed by atoms with Crippen molar-refractivity contribution in [3.63, 3.8) is 0 Å². The summed E-state index contributed by atoms with van der Waals surface area (Å²) in [5.41, 5.74) is 3.44. The average Bonchev–Trinajstić information content (AvgIpc) is 3.09. The lowest BCUT2D eigenvalue weighted by atomic mass is 10.1. The summed E-state index contributed by atoms with van der Waals surface area (Å²) in [5.74, 6) is 0.483. The van der Waals surface area contributed by atoms with Gasteiger partial charge in [-0.15, -0.1) is 24.8 Å². The third kappa shape index (κ3) is 5.63. The van der Waals surface area contributed by atoms with Crippen molar-refractivity contribution in [2.24, 2.45) is 0 Å². The number of aryl methyl sites for hydroxylation is 1. The van der Waals surface area contributed by atoms with E-state index in [1.807, 2.05) is 54.0 Å². The molecule has 8 heteroatoms. The number of fused-ring (bicyclic) bond motifs is 1. The molecular weight excluding hydrogens is 411 g/mol. The lowest BCUT2D eigenvalue weighted by Gasteiger charge is -2.24. The van der Waals surface area contributed by atoms with Crippen molar-refractivity contribution >= 4 is 36.4 Å². The second-order valence-electron chi connectivity index (χ2n) is 7.01. The minimum atomic E-state index is -0.0927. The Hall–Kier alpha value is -2.28. The standard InChI is InChI=1S/C21H24N4O2.2ClH/c1-15-8-9-20-23-17(13-25(20)12-15)14-27-19-7-3-2-6-18(19)21(26)24-16-5-4-10-22-11-16;;/h2-3,6-9,12-13,16,22H,4-5,10-11,14H2,1H3,(H,24,26);2*1H. The van der Waals surface area contributed by atoms with Gasteiger partial charge in [0, 0.05) is 25.0 Å². The normalized spacial score (nSPS) is 15.8. The number of pyridine rings is 1. The molecule has 1 fully saturated rings. The van der Waals surface area contributed by atoms with Crippen LogP contribution in [0.15, 0.2) is 48.8 Å². The van der Waals surface area contributed by atoms with Gasteiger partial charge in [-0.1, -0.05) is 18.2 Å². The van der Waals surface area contributed by atoms with Gasteiger partial charge in [-0.25, -0.2) is 4.98 Å². The Morgan fingerprint density at radius 1 is 1.24 bits per heavy atom. The predicted octanol–water partition coefficient (Wildman–Crippen LogP) is 3.55. The Labute approximate surface area is 182 Å². The maximum Gasteiger partial charge on any atom is 0.255 e. The summed E-state index contributed by atoms with van der Waals surface area (Å²) in [6.45, 7) is 4.20. The molecule has 29 heavy (non-hydrogen) atoms. The van der Waals surface area contributed by atoms with Crippen LogP contribution in [0.4, 0.5) is 0 Å². The second kappa shape index (κ2) is 10.5. The van der Waals surface area contributed by atoms with Gasteiger partial charge < -0.3 is 19.8 Å². The SMILES string of the molecule is Cc1ccc2nc(COc3ccccc3C(=O)NC3CCCNC3)cn2c1.Cl.Cl. The van der Waals surface area contributed by atoms with Crippen LogP contribution >= 0.6 is 24.8 Å². The lowest BCUT2D eigenvalue weighted by Crippen LogP contribution is -2.45. The van der Waals surface area contributed by atoms with Crippen molar-refractivity contribution in [3.8, 4) is 5.75 Å². The van der Waals surface area contributed by atoms with Crippen LogP contribution in [0, 0.1) is 6.92 Å². The Kier molecular flexibility index (Phi) is 8.32. The zero-order chi connectivity index (χ0) is 18.6. The summed E-state index contributed by atoms with van der Waals surface area (Å²) in [5, 5.41) is 6.41. The highest BCUT2D eigenvalue weighted by atomic mass is 35.5. The molecule has 3 aromatic rings. The first-order chi connectivity index (χ1) is 13.2. The molecule has 2 N–H and O–H groups in total. The fraction of sp³-hybridized carbons (Fsp3) is 0.333. The summed E-state index contributed by atoms with van der Waals surface area (Å²) in [4.78, 5) is 17.3. The van der Waals surface area contributed by atoms with Gasteiger partial charge in [-0.3, -0.25) is 4.79 Å². The van der Waals surface area contributed by atoms with Crippen LogP contribution in [0.5, 0.6) is 5.75 Å². The van der Waals surface area contributed by atoms with E-state index in [-0.39, 0.29) is 36.8 Å². The number of carbonyl (C=O) groups excluding carboxylic acids is 1. The van der Waals surface area contributed by atoms with E-state index in [0.717, 1.165) is 37.3 Å². The fourth-order valence-corrected chi connectivity index (χ4v) is 3.40. The van der Waals surface area contributed by atoms with Crippen LogP contribution in [0.25, 0.3) is 5.65 Å². The predicted molar refractivity (Wildman–Crippen MR) is 119 cm³/mol. The molecule has 1 aliphatic heterocycles. The Balaban J connectivity index is 0.00000150. The number of hydrogen-bond donors (Lipinski definition) is 2. The molecule has 0 spiro atoms. The summed E-state index contributed by atoms with van der Waals surface area (Å²) in [6, 6.07) is 11.5. The highest BCUT2D eigenvalue weighted by Gasteiger charge is 2.19. The van der Waals surface area contributed by atoms with E-state index in [1.165, 1.54) is 5.56 Å². The minimum Gasteiger partial charge on any atom is -0.486 e. The molecule has 3 heterocycles. The molecule has 1 aliphatic rings. The van der Waals surface area contributed by atoms with Crippen molar-refractivity contribution < 1.29 is 9.53 Å². The maximum atomic E-state index is 12.7. The molecule has 1 saturated heterocycles. The molecule has 0 saturated carbocycles. The molecule has 6 nitrogen and oxygen atoms in total.